The quantitative estimate of drug-likeness (QED) is 0.846. The third-order valence-corrected chi connectivity index (χ3v) is 4.32. The second-order valence-electron chi connectivity index (χ2n) is 7.13. The zero-order chi connectivity index (χ0) is 17.5. The Hall–Kier alpha value is -1.95. The first-order valence-electron chi connectivity index (χ1n) is 7.80. The summed E-state index contributed by atoms with van der Waals surface area (Å²) in [5, 5.41) is 4.07. The molecule has 0 N–H and O–H groups in total. The van der Waals surface area contributed by atoms with E-state index in [4.69, 9.17) is 16.1 Å². The molecule has 5 nitrogen and oxygen atoms in total. The van der Waals surface area contributed by atoms with Gasteiger partial charge in [0.15, 0.2) is 5.82 Å². The average Bonchev–Trinajstić information content (AvgIpc) is 3.10. The lowest BCUT2D eigenvalue weighted by molar-refractivity contribution is -0.128. The zero-order valence-electron chi connectivity index (χ0n) is 13.8. The van der Waals surface area contributed by atoms with Crippen LogP contribution in [0.3, 0.4) is 0 Å². The molecule has 1 fully saturated rings. The Morgan fingerprint density at radius 3 is 2.79 bits per heavy atom. The summed E-state index contributed by atoms with van der Waals surface area (Å²) in [5.74, 6) is 0.557. The third-order valence-electron chi connectivity index (χ3n) is 4.03. The van der Waals surface area contributed by atoms with Crippen LogP contribution >= 0.6 is 11.6 Å². The van der Waals surface area contributed by atoms with E-state index in [1.54, 1.807) is 17.0 Å². The van der Waals surface area contributed by atoms with Gasteiger partial charge in [0, 0.05) is 24.9 Å². The Morgan fingerprint density at radius 1 is 1.42 bits per heavy atom. The molecule has 1 saturated heterocycles. The number of aromatic nitrogens is 2. The van der Waals surface area contributed by atoms with Crippen molar-refractivity contribution in [1.82, 2.24) is 15.0 Å². The van der Waals surface area contributed by atoms with Crippen molar-refractivity contribution in [2.75, 3.05) is 6.54 Å². The SMILES string of the molecule is CC(C)(C)c1noc(C2CC(=O)N(Cc3ccc(F)c(Cl)c3)C2)n1. The van der Waals surface area contributed by atoms with E-state index in [-0.39, 0.29) is 22.3 Å². The number of amides is 1. The Balaban J connectivity index is 1.71. The van der Waals surface area contributed by atoms with Gasteiger partial charge in [-0.2, -0.15) is 4.98 Å². The maximum atomic E-state index is 13.2. The van der Waals surface area contributed by atoms with Crippen LogP contribution in [0.4, 0.5) is 4.39 Å². The number of halogens is 2. The summed E-state index contributed by atoms with van der Waals surface area (Å²) in [7, 11) is 0. The molecule has 0 saturated carbocycles. The molecular formula is C17H19ClFN3O2. The number of likely N-dealkylation sites (tertiary alicyclic amines) is 1. The van der Waals surface area contributed by atoms with Gasteiger partial charge in [0.05, 0.1) is 10.9 Å². The largest absolute Gasteiger partial charge is 0.339 e. The maximum Gasteiger partial charge on any atom is 0.232 e. The van der Waals surface area contributed by atoms with E-state index in [9.17, 15) is 9.18 Å². The van der Waals surface area contributed by atoms with Gasteiger partial charge in [0.2, 0.25) is 11.8 Å². The number of rotatable bonds is 3. The van der Waals surface area contributed by atoms with Crippen molar-refractivity contribution in [3.05, 3.63) is 46.3 Å². The van der Waals surface area contributed by atoms with Gasteiger partial charge in [-0.15, -0.1) is 0 Å². The molecule has 0 bridgehead atoms. The smallest absolute Gasteiger partial charge is 0.232 e. The predicted molar refractivity (Wildman–Crippen MR) is 87.2 cm³/mol. The van der Waals surface area contributed by atoms with Crippen molar-refractivity contribution in [3.8, 4) is 0 Å². The molecule has 24 heavy (non-hydrogen) atoms. The van der Waals surface area contributed by atoms with Gasteiger partial charge >= 0.3 is 0 Å². The topological polar surface area (TPSA) is 59.2 Å². The molecule has 7 heteroatoms. The number of carbonyl (C=O) groups is 1. The standard InChI is InChI=1S/C17H19ClFN3O2/c1-17(2,3)16-20-15(24-21-16)11-7-14(23)22(9-11)8-10-4-5-13(19)12(18)6-10/h4-6,11H,7-9H2,1-3H3. The Labute approximate surface area is 144 Å². The molecule has 0 aliphatic carbocycles. The van der Waals surface area contributed by atoms with Gasteiger partial charge in [0.25, 0.3) is 0 Å². The van der Waals surface area contributed by atoms with Gasteiger partial charge in [-0.1, -0.05) is 43.6 Å². The van der Waals surface area contributed by atoms with Gasteiger partial charge in [-0.3, -0.25) is 4.79 Å². The average molecular weight is 352 g/mol. The van der Waals surface area contributed by atoms with Crippen LogP contribution in [0.25, 0.3) is 0 Å². The van der Waals surface area contributed by atoms with Crippen LogP contribution in [0.5, 0.6) is 0 Å². The minimum Gasteiger partial charge on any atom is -0.339 e. The van der Waals surface area contributed by atoms with Crippen LogP contribution in [-0.4, -0.2) is 27.5 Å². The second-order valence-corrected chi connectivity index (χ2v) is 7.54. The van der Waals surface area contributed by atoms with E-state index in [0.29, 0.717) is 31.2 Å². The van der Waals surface area contributed by atoms with Crippen molar-refractivity contribution in [2.24, 2.45) is 0 Å². The van der Waals surface area contributed by atoms with Crippen molar-refractivity contribution >= 4 is 17.5 Å². The molecule has 1 unspecified atom stereocenters. The highest BCUT2D eigenvalue weighted by molar-refractivity contribution is 6.30. The molecule has 1 amide bonds. The highest BCUT2D eigenvalue weighted by Crippen LogP contribution is 2.30. The molecule has 2 aromatic rings. The monoisotopic (exact) mass is 351 g/mol. The molecule has 3 rings (SSSR count). The Morgan fingerprint density at radius 2 is 2.17 bits per heavy atom. The molecule has 1 aromatic heterocycles. The first kappa shape index (κ1) is 16.9. The van der Waals surface area contributed by atoms with Gasteiger partial charge < -0.3 is 9.42 Å². The number of hydrogen-bond donors (Lipinski definition) is 0. The summed E-state index contributed by atoms with van der Waals surface area (Å²) in [5.41, 5.74) is 0.589. The minimum absolute atomic E-state index is 0.0101. The van der Waals surface area contributed by atoms with E-state index in [0.717, 1.165) is 5.56 Å². The summed E-state index contributed by atoms with van der Waals surface area (Å²) in [4.78, 5) is 18.4. The highest BCUT2D eigenvalue weighted by atomic mass is 35.5. The summed E-state index contributed by atoms with van der Waals surface area (Å²) >= 11 is 5.79. The molecule has 1 atom stereocenters. The Kier molecular flexibility index (Phi) is 4.34. The van der Waals surface area contributed by atoms with Gasteiger partial charge in [-0.05, 0) is 17.7 Å². The van der Waals surface area contributed by atoms with E-state index in [1.165, 1.54) is 6.07 Å². The molecule has 1 aliphatic rings. The fraction of sp³-hybridized carbons (Fsp3) is 0.471. The molecule has 1 aromatic carbocycles. The molecule has 1 aliphatic heterocycles. The minimum atomic E-state index is -0.466. The zero-order valence-corrected chi connectivity index (χ0v) is 14.6. The van der Waals surface area contributed by atoms with Crippen LogP contribution in [0.15, 0.2) is 22.7 Å². The van der Waals surface area contributed by atoms with Crippen LogP contribution in [0, 0.1) is 5.82 Å². The molecule has 0 spiro atoms. The first-order valence-corrected chi connectivity index (χ1v) is 8.17. The Bertz CT molecular complexity index is 769. The van der Waals surface area contributed by atoms with Crippen molar-refractivity contribution in [3.63, 3.8) is 0 Å². The van der Waals surface area contributed by atoms with Crippen LogP contribution in [0.1, 0.15) is 50.4 Å². The van der Waals surface area contributed by atoms with Crippen molar-refractivity contribution in [2.45, 2.75) is 45.1 Å². The predicted octanol–water partition coefficient (Wildman–Crippen LogP) is 3.68. The van der Waals surface area contributed by atoms with E-state index in [2.05, 4.69) is 10.1 Å². The normalized spacial score (nSPS) is 18.5. The van der Waals surface area contributed by atoms with Crippen molar-refractivity contribution < 1.29 is 13.7 Å². The first-order chi connectivity index (χ1) is 11.2. The number of nitrogens with zero attached hydrogens (tertiary/aromatic N) is 3. The number of hydrogen-bond acceptors (Lipinski definition) is 4. The van der Waals surface area contributed by atoms with Crippen LogP contribution < -0.4 is 0 Å². The molecular weight excluding hydrogens is 333 g/mol. The van der Waals surface area contributed by atoms with E-state index < -0.39 is 5.82 Å². The van der Waals surface area contributed by atoms with Crippen LogP contribution in [-0.2, 0) is 16.8 Å². The van der Waals surface area contributed by atoms with Gasteiger partial charge in [-0.25, -0.2) is 4.39 Å². The summed E-state index contributed by atoms with van der Waals surface area (Å²) in [6.45, 7) is 6.90. The lowest BCUT2D eigenvalue weighted by Gasteiger charge is -2.16. The van der Waals surface area contributed by atoms with Crippen LogP contribution in [0.2, 0.25) is 5.02 Å². The molecule has 0 radical (unpaired) electrons. The summed E-state index contributed by atoms with van der Waals surface area (Å²) in [6.07, 6.45) is 0.334. The molecule has 2 heterocycles. The van der Waals surface area contributed by atoms with E-state index >= 15 is 0 Å². The van der Waals surface area contributed by atoms with Gasteiger partial charge in [0.1, 0.15) is 5.82 Å². The fourth-order valence-corrected chi connectivity index (χ4v) is 2.86. The maximum absolute atomic E-state index is 13.2. The second kappa shape index (κ2) is 6.16. The fourth-order valence-electron chi connectivity index (χ4n) is 2.65. The van der Waals surface area contributed by atoms with Crippen molar-refractivity contribution in [1.29, 1.82) is 0 Å². The number of benzene rings is 1. The van der Waals surface area contributed by atoms with E-state index in [1.807, 2.05) is 20.8 Å². The molecule has 128 valence electrons. The highest BCUT2D eigenvalue weighted by Gasteiger charge is 2.35. The summed E-state index contributed by atoms with van der Waals surface area (Å²) < 4.78 is 18.6. The lowest BCUT2D eigenvalue weighted by Crippen LogP contribution is -2.24. The third kappa shape index (κ3) is 3.43. The summed E-state index contributed by atoms with van der Waals surface area (Å²) in [6, 6.07) is 4.48. The number of carbonyl (C=O) groups excluding carboxylic acids is 1. The lowest BCUT2D eigenvalue weighted by atomic mass is 9.96.